The monoisotopic (exact) mass is 709 g/mol. The molecule has 3 aromatic rings. The minimum absolute atomic E-state index is 0.00854. The maximum atomic E-state index is 13.7. The van der Waals surface area contributed by atoms with Crippen molar-refractivity contribution in [2.24, 2.45) is 18.9 Å². The van der Waals surface area contributed by atoms with E-state index < -0.39 is 53.9 Å². The van der Waals surface area contributed by atoms with Gasteiger partial charge in [0.15, 0.2) is 0 Å². The lowest BCUT2D eigenvalue weighted by Gasteiger charge is -2.28. The van der Waals surface area contributed by atoms with Crippen molar-refractivity contribution in [3.8, 4) is 0 Å². The molecule has 0 aliphatic heterocycles. The molecule has 0 spiro atoms. The van der Waals surface area contributed by atoms with Gasteiger partial charge in [-0.2, -0.15) is 44.3 Å². The molecule has 0 atom stereocenters. The van der Waals surface area contributed by atoms with Crippen molar-refractivity contribution in [3.63, 3.8) is 0 Å². The first kappa shape index (κ1) is 37.9. The number of anilines is 1. The van der Waals surface area contributed by atoms with E-state index in [4.69, 9.17) is 4.74 Å². The highest BCUT2D eigenvalue weighted by atomic mass is 19.4. The first-order chi connectivity index (χ1) is 22.9. The largest absolute Gasteiger partial charge is 0.466 e. The van der Waals surface area contributed by atoms with Crippen molar-refractivity contribution in [1.82, 2.24) is 30.5 Å². The van der Waals surface area contributed by atoms with Gasteiger partial charge in [-0.25, -0.2) is 0 Å². The van der Waals surface area contributed by atoms with E-state index in [0.717, 1.165) is 41.4 Å². The summed E-state index contributed by atoms with van der Waals surface area (Å²) in [6.45, 7) is 2.01. The van der Waals surface area contributed by atoms with Gasteiger partial charge in [0.05, 0.1) is 30.3 Å². The fourth-order valence-corrected chi connectivity index (χ4v) is 5.80. The Morgan fingerprint density at radius 2 is 1.51 bits per heavy atom. The highest BCUT2D eigenvalue weighted by Gasteiger charge is 2.37. The number of esters is 1. The Hall–Kier alpha value is -3.96. The molecule has 1 aromatic carbocycles. The standard InChI is InChI=1S/C31H36F9N7O2/c1-3-49-27(48)12-19-4-6-20(7-5-19)15-41-9-8-26-22(13-25(16-42-26)31(38,39)40)18-47(28-43-45-46(2)44-28)17-21-10-23(29(32,33)34)14-24(11-21)30(35,36)37/h10-11,13-14,16,19-20,41H,3-9,12,15,17-18H2,1-2H3/t19-,20-. The molecule has 49 heavy (non-hydrogen) atoms. The zero-order valence-electron chi connectivity index (χ0n) is 26.7. The summed E-state index contributed by atoms with van der Waals surface area (Å²) in [5.74, 6) is 0.162. The zero-order valence-corrected chi connectivity index (χ0v) is 26.7. The predicted molar refractivity (Wildman–Crippen MR) is 158 cm³/mol. The molecule has 1 N–H and O–H groups in total. The van der Waals surface area contributed by atoms with Crippen LogP contribution in [0.25, 0.3) is 0 Å². The van der Waals surface area contributed by atoms with E-state index >= 15 is 0 Å². The number of ether oxygens (including phenoxy) is 1. The minimum Gasteiger partial charge on any atom is -0.466 e. The van der Waals surface area contributed by atoms with Gasteiger partial charge in [0.2, 0.25) is 0 Å². The second-order valence-electron chi connectivity index (χ2n) is 12.0. The first-order valence-electron chi connectivity index (χ1n) is 15.6. The Morgan fingerprint density at radius 1 is 0.898 bits per heavy atom. The highest BCUT2D eigenvalue weighted by Crippen LogP contribution is 2.37. The second-order valence-corrected chi connectivity index (χ2v) is 12.0. The number of aromatic nitrogens is 5. The lowest BCUT2D eigenvalue weighted by Crippen LogP contribution is -2.29. The van der Waals surface area contributed by atoms with Crippen LogP contribution in [-0.4, -0.2) is 50.9 Å². The van der Waals surface area contributed by atoms with Crippen molar-refractivity contribution in [2.75, 3.05) is 24.6 Å². The third kappa shape index (κ3) is 11.0. The van der Waals surface area contributed by atoms with Gasteiger partial charge in [0, 0.05) is 44.4 Å². The molecule has 4 rings (SSSR count). The van der Waals surface area contributed by atoms with Crippen LogP contribution in [0.3, 0.4) is 0 Å². The van der Waals surface area contributed by atoms with Gasteiger partial charge in [-0.05, 0) is 91.6 Å². The van der Waals surface area contributed by atoms with Crippen molar-refractivity contribution >= 4 is 11.9 Å². The van der Waals surface area contributed by atoms with Crippen LogP contribution in [-0.2, 0) is 54.6 Å². The Morgan fingerprint density at radius 3 is 2.06 bits per heavy atom. The molecule has 18 heteroatoms. The summed E-state index contributed by atoms with van der Waals surface area (Å²) < 4.78 is 128. The van der Waals surface area contributed by atoms with Crippen LogP contribution >= 0.6 is 0 Å². The average Bonchev–Trinajstić information content (AvgIpc) is 3.45. The smallest absolute Gasteiger partial charge is 0.417 e. The zero-order chi connectivity index (χ0) is 36.0. The van der Waals surface area contributed by atoms with Crippen molar-refractivity contribution in [3.05, 3.63) is 64.0 Å². The molecule has 1 aliphatic rings. The molecule has 0 radical (unpaired) electrons. The van der Waals surface area contributed by atoms with Gasteiger partial charge >= 0.3 is 24.5 Å². The Bertz CT molecular complexity index is 1520. The van der Waals surface area contributed by atoms with E-state index in [2.05, 4.69) is 25.7 Å². The van der Waals surface area contributed by atoms with E-state index in [1.165, 1.54) is 7.05 Å². The van der Waals surface area contributed by atoms with Crippen LogP contribution in [0.5, 0.6) is 0 Å². The number of hydrogen-bond donors (Lipinski definition) is 1. The summed E-state index contributed by atoms with van der Waals surface area (Å²) >= 11 is 0. The molecule has 2 heterocycles. The molecule has 0 unspecified atom stereocenters. The second kappa shape index (κ2) is 15.7. The van der Waals surface area contributed by atoms with Gasteiger partial charge in [-0.1, -0.05) is 5.10 Å². The summed E-state index contributed by atoms with van der Waals surface area (Å²) in [6, 6.07) is 1.92. The number of nitrogens with zero attached hydrogens (tertiary/aromatic N) is 6. The maximum Gasteiger partial charge on any atom is 0.417 e. The number of pyridine rings is 1. The Labute approximate surface area is 276 Å². The maximum absolute atomic E-state index is 13.7. The van der Waals surface area contributed by atoms with Crippen LogP contribution in [0.1, 0.15) is 72.5 Å². The number of nitrogens with one attached hydrogen (secondary N) is 1. The number of carbonyl (C=O) groups is 1. The van der Waals surface area contributed by atoms with E-state index in [9.17, 15) is 44.3 Å². The van der Waals surface area contributed by atoms with Crippen LogP contribution < -0.4 is 10.2 Å². The van der Waals surface area contributed by atoms with Gasteiger partial charge in [0.1, 0.15) is 0 Å². The SMILES string of the molecule is CCOC(=O)C[C@H]1CC[C@H](CNCCc2ncc(C(F)(F)F)cc2CN(Cc2cc(C(F)(F)F)cc(C(F)(F)F)c2)c2nnn(C)n2)CC1. The van der Waals surface area contributed by atoms with Crippen LogP contribution in [0.15, 0.2) is 30.5 Å². The Balaban J connectivity index is 1.52. The fourth-order valence-electron chi connectivity index (χ4n) is 5.80. The molecule has 1 saturated carbocycles. The quantitative estimate of drug-likeness (QED) is 0.118. The van der Waals surface area contributed by atoms with E-state index in [1.54, 1.807) is 6.92 Å². The molecule has 1 aliphatic carbocycles. The van der Waals surface area contributed by atoms with Gasteiger partial charge < -0.3 is 15.0 Å². The summed E-state index contributed by atoms with van der Waals surface area (Å²) in [6.07, 6.45) is -10.2. The number of halogens is 9. The topological polar surface area (TPSA) is 98.1 Å². The summed E-state index contributed by atoms with van der Waals surface area (Å²) in [5.41, 5.74) is -4.30. The van der Waals surface area contributed by atoms with Gasteiger partial charge in [0.25, 0.3) is 5.95 Å². The third-order valence-electron chi connectivity index (χ3n) is 8.25. The molecular formula is C31H36F9N7O2. The van der Waals surface area contributed by atoms with Crippen molar-refractivity contribution in [2.45, 2.75) is 77.1 Å². The highest BCUT2D eigenvalue weighted by molar-refractivity contribution is 5.69. The third-order valence-corrected chi connectivity index (χ3v) is 8.25. The average molecular weight is 710 g/mol. The summed E-state index contributed by atoms with van der Waals surface area (Å²) in [7, 11) is 1.37. The van der Waals surface area contributed by atoms with E-state index in [0.29, 0.717) is 50.4 Å². The number of aryl methyl sites for hydroxylation is 1. The number of alkyl halides is 9. The minimum atomic E-state index is -5.10. The van der Waals surface area contributed by atoms with Crippen LogP contribution in [0.4, 0.5) is 45.5 Å². The lowest BCUT2D eigenvalue weighted by atomic mass is 9.80. The molecule has 2 aromatic heterocycles. The molecule has 0 saturated heterocycles. The lowest BCUT2D eigenvalue weighted by molar-refractivity contribution is -0.145. The molecular weight excluding hydrogens is 673 g/mol. The predicted octanol–water partition coefficient (Wildman–Crippen LogP) is 6.76. The normalized spacial score (nSPS) is 17.3. The number of hydrogen-bond acceptors (Lipinski definition) is 8. The van der Waals surface area contributed by atoms with Crippen LogP contribution in [0, 0.1) is 11.8 Å². The van der Waals surface area contributed by atoms with E-state index in [1.807, 2.05) is 0 Å². The number of carbonyl (C=O) groups excluding carboxylic acids is 1. The van der Waals surface area contributed by atoms with Crippen molar-refractivity contribution in [1.29, 1.82) is 0 Å². The Kier molecular flexibility index (Phi) is 12.1. The first-order valence-corrected chi connectivity index (χ1v) is 15.6. The molecule has 0 bridgehead atoms. The summed E-state index contributed by atoms with van der Waals surface area (Å²) in [4.78, 5) is 18.0. The molecule has 1 fully saturated rings. The van der Waals surface area contributed by atoms with Gasteiger partial charge in [-0.3, -0.25) is 9.78 Å². The van der Waals surface area contributed by atoms with Crippen molar-refractivity contribution < 1.29 is 49.0 Å². The number of benzene rings is 1. The van der Waals surface area contributed by atoms with Gasteiger partial charge in [-0.15, -0.1) is 5.10 Å². The molecule has 0 amide bonds. The summed E-state index contributed by atoms with van der Waals surface area (Å²) in [5, 5.41) is 14.8. The van der Waals surface area contributed by atoms with Crippen LogP contribution in [0.2, 0.25) is 0 Å². The van der Waals surface area contributed by atoms with E-state index in [-0.39, 0.29) is 41.6 Å². The molecule has 9 nitrogen and oxygen atoms in total. The number of rotatable bonds is 13. The fraction of sp³-hybridized carbons (Fsp3) is 0.581. The number of tetrazole rings is 1. The molecule has 270 valence electrons.